The molecule has 1 unspecified atom stereocenters. The van der Waals surface area contributed by atoms with Crippen LogP contribution in [-0.4, -0.2) is 60.4 Å². The summed E-state index contributed by atoms with van der Waals surface area (Å²) < 4.78 is 0. The second-order valence-corrected chi connectivity index (χ2v) is 6.51. The molecule has 3 heterocycles. The third-order valence-electron chi connectivity index (χ3n) is 4.62. The van der Waals surface area contributed by atoms with E-state index in [4.69, 9.17) is 0 Å². The third-order valence-corrected chi connectivity index (χ3v) is 4.62. The average molecular weight is 304 g/mol. The van der Waals surface area contributed by atoms with Crippen LogP contribution in [0.25, 0.3) is 0 Å². The van der Waals surface area contributed by atoms with Crippen LogP contribution in [0.1, 0.15) is 31.2 Å². The van der Waals surface area contributed by atoms with E-state index >= 15 is 0 Å². The van der Waals surface area contributed by atoms with Crippen molar-refractivity contribution < 1.29 is 5.11 Å². The van der Waals surface area contributed by atoms with Gasteiger partial charge in [-0.3, -0.25) is 0 Å². The van der Waals surface area contributed by atoms with Crippen molar-refractivity contribution in [1.29, 1.82) is 0 Å². The molecular formula is C17H28N4O. The van der Waals surface area contributed by atoms with Gasteiger partial charge in [-0.25, -0.2) is 4.98 Å². The van der Waals surface area contributed by atoms with Gasteiger partial charge in [0.05, 0.1) is 6.10 Å². The van der Waals surface area contributed by atoms with Crippen molar-refractivity contribution in [1.82, 2.24) is 15.2 Å². The van der Waals surface area contributed by atoms with Gasteiger partial charge in [0.25, 0.3) is 0 Å². The first-order chi connectivity index (χ1) is 10.8. The molecule has 22 heavy (non-hydrogen) atoms. The normalized spacial score (nSPS) is 20.7. The highest BCUT2D eigenvalue weighted by Crippen LogP contribution is 2.17. The first kappa shape index (κ1) is 15.7. The van der Waals surface area contributed by atoms with Crippen LogP contribution in [0.4, 0.5) is 5.82 Å². The number of hydrogen-bond acceptors (Lipinski definition) is 5. The molecule has 5 heteroatoms. The number of hydrogen-bond donors (Lipinski definition) is 2. The largest absolute Gasteiger partial charge is 0.390 e. The Hall–Kier alpha value is -1.17. The fraction of sp³-hybridized carbons (Fsp3) is 0.706. The second-order valence-electron chi connectivity index (χ2n) is 6.51. The van der Waals surface area contributed by atoms with Crippen LogP contribution in [0.5, 0.6) is 0 Å². The van der Waals surface area contributed by atoms with Gasteiger partial charge in [-0.15, -0.1) is 0 Å². The van der Waals surface area contributed by atoms with Crippen LogP contribution < -0.4 is 10.2 Å². The fourth-order valence-electron chi connectivity index (χ4n) is 3.37. The number of aliphatic hydroxyl groups excluding tert-OH is 1. The van der Waals surface area contributed by atoms with E-state index < -0.39 is 0 Å². The Labute approximate surface area is 133 Å². The quantitative estimate of drug-likeness (QED) is 0.793. The Morgan fingerprint density at radius 3 is 2.50 bits per heavy atom. The summed E-state index contributed by atoms with van der Waals surface area (Å²) in [7, 11) is 0. The summed E-state index contributed by atoms with van der Waals surface area (Å²) in [5.74, 6) is 1.09. The van der Waals surface area contributed by atoms with Gasteiger partial charge in [-0.1, -0.05) is 6.07 Å². The van der Waals surface area contributed by atoms with Crippen LogP contribution in [-0.2, 0) is 6.54 Å². The van der Waals surface area contributed by atoms with Crippen molar-refractivity contribution in [3.63, 3.8) is 0 Å². The highest BCUT2D eigenvalue weighted by molar-refractivity contribution is 5.40. The van der Waals surface area contributed by atoms with Gasteiger partial charge >= 0.3 is 0 Å². The lowest BCUT2D eigenvalue weighted by atomic mass is 10.2. The topological polar surface area (TPSA) is 51.6 Å². The van der Waals surface area contributed by atoms with Crippen molar-refractivity contribution in [3.8, 4) is 0 Å². The van der Waals surface area contributed by atoms with Crippen molar-refractivity contribution >= 4 is 5.82 Å². The van der Waals surface area contributed by atoms with Gasteiger partial charge < -0.3 is 20.2 Å². The van der Waals surface area contributed by atoms with Crippen LogP contribution >= 0.6 is 0 Å². The molecule has 2 aliphatic heterocycles. The van der Waals surface area contributed by atoms with E-state index in [0.29, 0.717) is 6.54 Å². The van der Waals surface area contributed by atoms with Gasteiger partial charge in [-0.2, -0.15) is 0 Å². The lowest BCUT2D eigenvalue weighted by Crippen LogP contribution is -2.36. The number of likely N-dealkylation sites (tertiary alicyclic amines) is 1. The Morgan fingerprint density at radius 1 is 1.09 bits per heavy atom. The van der Waals surface area contributed by atoms with E-state index in [1.807, 2.05) is 6.20 Å². The van der Waals surface area contributed by atoms with Crippen molar-refractivity contribution in [2.24, 2.45) is 0 Å². The summed E-state index contributed by atoms with van der Waals surface area (Å²) >= 11 is 0. The minimum atomic E-state index is -0.282. The van der Waals surface area contributed by atoms with Gasteiger partial charge in [0.1, 0.15) is 5.82 Å². The van der Waals surface area contributed by atoms with Gasteiger partial charge in [0, 0.05) is 38.9 Å². The molecule has 0 spiro atoms. The minimum absolute atomic E-state index is 0.282. The van der Waals surface area contributed by atoms with Gasteiger partial charge in [0.2, 0.25) is 0 Å². The second kappa shape index (κ2) is 7.90. The van der Waals surface area contributed by atoms with Crippen molar-refractivity contribution in [2.75, 3.05) is 44.2 Å². The number of pyridine rings is 1. The molecule has 0 bridgehead atoms. The van der Waals surface area contributed by atoms with E-state index in [9.17, 15) is 5.11 Å². The first-order valence-electron chi connectivity index (χ1n) is 8.62. The zero-order valence-corrected chi connectivity index (χ0v) is 13.4. The number of anilines is 1. The van der Waals surface area contributed by atoms with E-state index in [2.05, 4.69) is 32.2 Å². The molecule has 2 aliphatic rings. The molecule has 0 aliphatic carbocycles. The van der Waals surface area contributed by atoms with E-state index in [-0.39, 0.29) is 6.10 Å². The van der Waals surface area contributed by atoms with Gasteiger partial charge in [-0.05, 0) is 50.4 Å². The molecule has 2 fully saturated rings. The summed E-state index contributed by atoms with van der Waals surface area (Å²) in [6.45, 7) is 6.74. The molecule has 2 saturated heterocycles. The maximum atomic E-state index is 10.0. The maximum absolute atomic E-state index is 10.0. The predicted molar refractivity (Wildman–Crippen MR) is 89.1 cm³/mol. The third kappa shape index (κ3) is 4.41. The number of rotatable bonds is 7. The maximum Gasteiger partial charge on any atom is 0.128 e. The summed E-state index contributed by atoms with van der Waals surface area (Å²) in [6, 6.07) is 4.25. The van der Waals surface area contributed by atoms with Crippen LogP contribution in [0, 0.1) is 0 Å². The number of nitrogens with zero attached hydrogens (tertiary/aromatic N) is 3. The van der Waals surface area contributed by atoms with Crippen molar-refractivity contribution in [3.05, 3.63) is 23.9 Å². The standard InChI is InChI=1S/C17H28N4O/c22-16(14-20-7-1-2-8-20)13-18-11-15-5-6-17(19-12-15)21-9-3-4-10-21/h5-6,12,16,18,22H,1-4,7-11,13-14H2. The smallest absolute Gasteiger partial charge is 0.128 e. The molecule has 0 radical (unpaired) electrons. The van der Waals surface area contributed by atoms with Crippen LogP contribution in [0.3, 0.4) is 0 Å². The zero-order chi connectivity index (χ0) is 15.2. The molecule has 5 nitrogen and oxygen atoms in total. The Morgan fingerprint density at radius 2 is 1.82 bits per heavy atom. The Balaban J connectivity index is 1.37. The van der Waals surface area contributed by atoms with Gasteiger partial charge in [0.15, 0.2) is 0 Å². The first-order valence-corrected chi connectivity index (χ1v) is 8.62. The Kier molecular flexibility index (Phi) is 5.64. The fourth-order valence-corrected chi connectivity index (χ4v) is 3.37. The lowest BCUT2D eigenvalue weighted by Gasteiger charge is -2.19. The molecule has 2 N–H and O–H groups in total. The SMILES string of the molecule is OC(CNCc1ccc(N2CCCC2)nc1)CN1CCCC1. The van der Waals surface area contributed by atoms with E-state index in [1.165, 1.54) is 31.2 Å². The highest BCUT2D eigenvalue weighted by Gasteiger charge is 2.15. The number of nitrogens with one attached hydrogen (secondary N) is 1. The summed E-state index contributed by atoms with van der Waals surface area (Å²) in [6.07, 6.45) is 6.77. The number of β-amino-alcohol motifs (C(OH)–C–C–N with tert-alkyl or cyclic N) is 1. The molecule has 0 saturated carbocycles. The van der Waals surface area contributed by atoms with E-state index in [1.54, 1.807) is 0 Å². The summed E-state index contributed by atoms with van der Waals surface area (Å²) in [5, 5.41) is 13.4. The molecule has 0 amide bonds. The van der Waals surface area contributed by atoms with Crippen molar-refractivity contribution in [2.45, 2.75) is 38.3 Å². The van der Waals surface area contributed by atoms with Crippen LogP contribution in [0.15, 0.2) is 18.3 Å². The molecule has 0 aromatic carbocycles. The number of aliphatic hydroxyl groups is 1. The predicted octanol–water partition coefficient (Wildman–Crippen LogP) is 1.23. The van der Waals surface area contributed by atoms with Crippen LogP contribution in [0.2, 0.25) is 0 Å². The molecule has 1 aromatic rings. The summed E-state index contributed by atoms with van der Waals surface area (Å²) in [5.41, 5.74) is 1.18. The molecule has 3 rings (SSSR count). The zero-order valence-electron chi connectivity index (χ0n) is 13.4. The minimum Gasteiger partial charge on any atom is -0.390 e. The molecule has 1 atom stereocenters. The molecule has 122 valence electrons. The highest BCUT2D eigenvalue weighted by atomic mass is 16.3. The number of aromatic nitrogens is 1. The Bertz CT molecular complexity index is 438. The average Bonchev–Trinajstić information content (AvgIpc) is 3.21. The molecule has 1 aromatic heterocycles. The van der Waals surface area contributed by atoms with E-state index in [0.717, 1.165) is 45.1 Å². The summed E-state index contributed by atoms with van der Waals surface area (Å²) in [4.78, 5) is 9.25. The monoisotopic (exact) mass is 304 g/mol. The molecular weight excluding hydrogens is 276 g/mol. The lowest BCUT2D eigenvalue weighted by molar-refractivity contribution is 0.123.